The number of amides is 1. The van der Waals surface area contributed by atoms with E-state index in [1.807, 2.05) is 36.1 Å². The first-order valence-corrected chi connectivity index (χ1v) is 8.01. The summed E-state index contributed by atoms with van der Waals surface area (Å²) in [5.41, 5.74) is 2.05. The van der Waals surface area contributed by atoms with Gasteiger partial charge in [0, 0.05) is 37.6 Å². The number of benzene rings is 1. The van der Waals surface area contributed by atoms with Crippen LogP contribution < -0.4 is 4.74 Å². The molecular formula is C18H23NO4. The van der Waals surface area contributed by atoms with Crippen molar-refractivity contribution in [2.45, 2.75) is 25.6 Å². The molecule has 124 valence electrons. The van der Waals surface area contributed by atoms with E-state index in [1.165, 1.54) is 0 Å². The first-order chi connectivity index (χ1) is 11.1. The van der Waals surface area contributed by atoms with Crippen molar-refractivity contribution < 1.29 is 19.0 Å². The minimum Gasteiger partial charge on any atom is -0.496 e. The number of hydrogen-bond acceptors (Lipinski definition) is 4. The smallest absolute Gasteiger partial charge is 0.246 e. The van der Waals surface area contributed by atoms with E-state index in [4.69, 9.17) is 14.2 Å². The van der Waals surface area contributed by atoms with Crippen LogP contribution in [0.2, 0.25) is 0 Å². The van der Waals surface area contributed by atoms with Gasteiger partial charge in [0.15, 0.2) is 5.79 Å². The Hall–Kier alpha value is -1.85. The summed E-state index contributed by atoms with van der Waals surface area (Å²) in [5.74, 6) is 0.340. The Bertz CT molecular complexity index is 595. The molecule has 2 saturated heterocycles. The number of methoxy groups -OCH3 is 1. The van der Waals surface area contributed by atoms with Gasteiger partial charge in [0.05, 0.1) is 20.3 Å². The molecule has 2 heterocycles. The monoisotopic (exact) mass is 317 g/mol. The standard InChI is InChI=1S/C18H23NO4/c1-14-3-5-16(21-2)15(13-14)4-6-17(20)19-9-7-18(8-10-19)22-11-12-23-18/h3-6,13H,7-12H2,1-2H3/b6-4+. The minimum absolute atomic E-state index is 0.0152. The van der Waals surface area contributed by atoms with E-state index in [0.29, 0.717) is 26.3 Å². The van der Waals surface area contributed by atoms with E-state index >= 15 is 0 Å². The van der Waals surface area contributed by atoms with Crippen LogP contribution in [0.5, 0.6) is 5.75 Å². The highest BCUT2D eigenvalue weighted by molar-refractivity contribution is 5.92. The Morgan fingerprint density at radius 2 is 1.96 bits per heavy atom. The topological polar surface area (TPSA) is 48.0 Å². The fraction of sp³-hybridized carbons (Fsp3) is 0.500. The third-order valence-corrected chi connectivity index (χ3v) is 4.44. The number of hydrogen-bond donors (Lipinski definition) is 0. The maximum atomic E-state index is 12.4. The number of nitrogens with zero attached hydrogens (tertiary/aromatic N) is 1. The van der Waals surface area contributed by atoms with Crippen LogP contribution in [0, 0.1) is 6.92 Å². The molecule has 0 N–H and O–H groups in total. The van der Waals surface area contributed by atoms with Gasteiger partial charge >= 0.3 is 0 Å². The molecule has 1 spiro atoms. The van der Waals surface area contributed by atoms with Gasteiger partial charge in [-0.05, 0) is 25.1 Å². The van der Waals surface area contributed by atoms with E-state index in [-0.39, 0.29) is 5.91 Å². The van der Waals surface area contributed by atoms with E-state index in [0.717, 1.165) is 29.7 Å². The van der Waals surface area contributed by atoms with Gasteiger partial charge < -0.3 is 19.1 Å². The van der Waals surface area contributed by atoms with Crippen LogP contribution in [0.4, 0.5) is 0 Å². The molecule has 0 atom stereocenters. The number of carbonyl (C=O) groups is 1. The largest absolute Gasteiger partial charge is 0.496 e. The van der Waals surface area contributed by atoms with Gasteiger partial charge in [0.2, 0.25) is 5.91 Å². The number of rotatable bonds is 3. The molecule has 2 aliphatic rings. The first-order valence-electron chi connectivity index (χ1n) is 8.01. The van der Waals surface area contributed by atoms with Gasteiger partial charge in [-0.15, -0.1) is 0 Å². The average molecular weight is 317 g/mol. The normalized spacial score (nSPS) is 20.3. The number of carbonyl (C=O) groups excluding carboxylic acids is 1. The van der Waals surface area contributed by atoms with E-state index in [2.05, 4.69) is 0 Å². The Morgan fingerprint density at radius 3 is 2.61 bits per heavy atom. The molecule has 2 fully saturated rings. The van der Waals surface area contributed by atoms with Gasteiger partial charge in [-0.3, -0.25) is 4.79 Å². The third-order valence-electron chi connectivity index (χ3n) is 4.44. The van der Waals surface area contributed by atoms with Crippen LogP contribution in [0.3, 0.4) is 0 Å². The predicted octanol–water partition coefficient (Wildman–Crippen LogP) is 2.38. The molecule has 5 nitrogen and oxygen atoms in total. The van der Waals surface area contributed by atoms with Gasteiger partial charge in [-0.1, -0.05) is 11.6 Å². The molecule has 1 aromatic carbocycles. The Balaban J connectivity index is 1.62. The zero-order valence-electron chi connectivity index (χ0n) is 13.7. The molecule has 3 rings (SSSR count). The van der Waals surface area contributed by atoms with Crippen LogP contribution in [-0.2, 0) is 14.3 Å². The van der Waals surface area contributed by atoms with Gasteiger partial charge in [-0.2, -0.15) is 0 Å². The zero-order chi connectivity index (χ0) is 16.3. The average Bonchev–Trinajstić information content (AvgIpc) is 3.01. The van der Waals surface area contributed by atoms with Gasteiger partial charge in [-0.25, -0.2) is 0 Å². The van der Waals surface area contributed by atoms with Crippen molar-refractivity contribution >= 4 is 12.0 Å². The molecule has 1 aromatic rings. The van der Waals surface area contributed by atoms with Crippen LogP contribution in [0.1, 0.15) is 24.0 Å². The molecule has 0 radical (unpaired) electrons. The highest BCUT2D eigenvalue weighted by Crippen LogP contribution is 2.31. The number of ether oxygens (including phenoxy) is 3. The van der Waals surface area contributed by atoms with Crippen molar-refractivity contribution in [2.24, 2.45) is 0 Å². The minimum atomic E-state index is -0.444. The summed E-state index contributed by atoms with van der Waals surface area (Å²) >= 11 is 0. The Morgan fingerprint density at radius 1 is 1.26 bits per heavy atom. The van der Waals surface area contributed by atoms with E-state index in [1.54, 1.807) is 13.2 Å². The molecule has 0 aliphatic carbocycles. The van der Waals surface area contributed by atoms with Crippen molar-refractivity contribution in [3.8, 4) is 5.75 Å². The van der Waals surface area contributed by atoms with Crippen LogP contribution in [-0.4, -0.2) is 50.0 Å². The lowest BCUT2D eigenvalue weighted by Crippen LogP contribution is -2.46. The maximum Gasteiger partial charge on any atom is 0.246 e. The van der Waals surface area contributed by atoms with Crippen molar-refractivity contribution in [1.29, 1.82) is 0 Å². The second-order valence-corrected chi connectivity index (χ2v) is 6.01. The molecule has 2 aliphatic heterocycles. The number of aryl methyl sites for hydroxylation is 1. The second kappa shape index (κ2) is 6.72. The molecule has 5 heteroatoms. The number of likely N-dealkylation sites (tertiary alicyclic amines) is 1. The van der Waals surface area contributed by atoms with E-state index < -0.39 is 5.79 Å². The zero-order valence-corrected chi connectivity index (χ0v) is 13.7. The lowest BCUT2D eigenvalue weighted by Gasteiger charge is -2.37. The van der Waals surface area contributed by atoms with Crippen LogP contribution >= 0.6 is 0 Å². The fourth-order valence-electron chi connectivity index (χ4n) is 3.10. The SMILES string of the molecule is COc1ccc(C)cc1/C=C/C(=O)N1CCC2(CC1)OCCO2. The maximum absolute atomic E-state index is 12.4. The van der Waals surface area contributed by atoms with Crippen LogP contribution in [0.15, 0.2) is 24.3 Å². The van der Waals surface area contributed by atoms with Crippen molar-refractivity contribution in [3.63, 3.8) is 0 Å². The highest BCUT2D eigenvalue weighted by atomic mass is 16.7. The molecule has 23 heavy (non-hydrogen) atoms. The quantitative estimate of drug-likeness (QED) is 0.803. The lowest BCUT2D eigenvalue weighted by atomic mass is 10.0. The predicted molar refractivity (Wildman–Crippen MR) is 87.2 cm³/mol. The lowest BCUT2D eigenvalue weighted by molar-refractivity contribution is -0.186. The summed E-state index contributed by atoms with van der Waals surface area (Å²) in [7, 11) is 1.63. The molecule has 0 saturated carbocycles. The molecule has 1 amide bonds. The summed E-state index contributed by atoms with van der Waals surface area (Å²) in [6.07, 6.45) is 4.91. The molecular weight excluding hydrogens is 294 g/mol. The van der Waals surface area contributed by atoms with Crippen molar-refractivity contribution in [2.75, 3.05) is 33.4 Å². The summed E-state index contributed by atoms with van der Waals surface area (Å²) in [6, 6.07) is 5.91. The molecule has 0 bridgehead atoms. The highest BCUT2D eigenvalue weighted by Gasteiger charge is 2.40. The van der Waals surface area contributed by atoms with Gasteiger partial charge in [0.25, 0.3) is 0 Å². The summed E-state index contributed by atoms with van der Waals surface area (Å²) < 4.78 is 16.7. The summed E-state index contributed by atoms with van der Waals surface area (Å²) in [5, 5.41) is 0. The molecule has 0 unspecified atom stereocenters. The Labute approximate surface area is 136 Å². The Kier molecular flexibility index (Phi) is 4.68. The summed E-state index contributed by atoms with van der Waals surface area (Å²) in [6.45, 7) is 4.65. The second-order valence-electron chi connectivity index (χ2n) is 6.01. The first kappa shape index (κ1) is 16.0. The van der Waals surface area contributed by atoms with E-state index in [9.17, 15) is 4.79 Å². The van der Waals surface area contributed by atoms with Crippen molar-refractivity contribution in [1.82, 2.24) is 4.90 Å². The molecule has 0 aromatic heterocycles. The summed E-state index contributed by atoms with van der Waals surface area (Å²) in [4.78, 5) is 14.2. The fourth-order valence-corrected chi connectivity index (χ4v) is 3.10. The van der Waals surface area contributed by atoms with Crippen LogP contribution in [0.25, 0.3) is 6.08 Å². The third kappa shape index (κ3) is 3.57. The van der Waals surface area contributed by atoms with Crippen molar-refractivity contribution in [3.05, 3.63) is 35.4 Å². The van der Waals surface area contributed by atoms with Gasteiger partial charge in [0.1, 0.15) is 5.75 Å². The number of piperidine rings is 1.